The molecule has 0 heterocycles. The minimum atomic E-state index is -3.53. The maximum atomic E-state index is 11.8. The van der Waals surface area contributed by atoms with E-state index in [4.69, 9.17) is 9.88 Å². The van der Waals surface area contributed by atoms with Gasteiger partial charge in [-0.2, -0.15) is 0 Å². The van der Waals surface area contributed by atoms with Gasteiger partial charge in [0.2, 0.25) is 15.9 Å². The molecule has 0 aromatic heterocycles. The van der Waals surface area contributed by atoms with Crippen LogP contribution >= 0.6 is 0 Å². The fraction of sp³-hybridized carbons (Fsp3) is 0.400. The molecule has 1 unspecified atom stereocenters. The molecule has 122 valence electrons. The molecule has 1 amide bonds. The van der Waals surface area contributed by atoms with Crippen molar-refractivity contribution >= 4 is 15.9 Å². The lowest BCUT2D eigenvalue weighted by molar-refractivity contribution is -0.131. The van der Waals surface area contributed by atoms with Gasteiger partial charge in [0.1, 0.15) is 6.10 Å². The Morgan fingerprint density at radius 3 is 2.50 bits per heavy atom. The zero-order valence-electron chi connectivity index (χ0n) is 12.6. The van der Waals surface area contributed by atoms with Crippen molar-refractivity contribution in [2.24, 2.45) is 5.14 Å². The molecule has 0 aliphatic carbocycles. The number of hydrogen-bond acceptors (Lipinski definition) is 4. The van der Waals surface area contributed by atoms with Gasteiger partial charge < -0.3 is 10.1 Å². The molecule has 3 N–H and O–H groups in total. The zero-order valence-corrected chi connectivity index (χ0v) is 13.4. The van der Waals surface area contributed by atoms with E-state index in [1.807, 2.05) is 0 Å². The van der Waals surface area contributed by atoms with Gasteiger partial charge in [0.15, 0.2) is 0 Å². The first-order valence-corrected chi connectivity index (χ1v) is 8.62. The second-order valence-corrected chi connectivity index (χ2v) is 6.55. The van der Waals surface area contributed by atoms with Crippen molar-refractivity contribution in [1.82, 2.24) is 5.32 Å². The van der Waals surface area contributed by atoms with Crippen LogP contribution < -0.4 is 10.5 Å². The Morgan fingerprint density at radius 2 is 1.95 bits per heavy atom. The molecule has 0 aliphatic heterocycles. The first-order chi connectivity index (χ1) is 10.3. The van der Waals surface area contributed by atoms with Crippen molar-refractivity contribution in [3.63, 3.8) is 0 Å². The van der Waals surface area contributed by atoms with Crippen LogP contribution in [-0.2, 0) is 31.9 Å². The lowest BCUT2D eigenvalue weighted by Crippen LogP contribution is -2.34. The van der Waals surface area contributed by atoms with Gasteiger partial charge in [0.05, 0.1) is 12.4 Å². The van der Waals surface area contributed by atoms with Gasteiger partial charge in [-0.3, -0.25) is 4.79 Å². The Labute approximate surface area is 131 Å². The van der Waals surface area contributed by atoms with Crippen LogP contribution in [-0.4, -0.2) is 27.0 Å². The molecule has 0 saturated heterocycles. The smallest absolute Gasteiger partial charge is 0.249 e. The Balaban J connectivity index is 2.44. The molecule has 0 aliphatic rings. The van der Waals surface area contributed by atoms with Crippen LogP contribution in [0.15, 0.2) is 36.9 Å². The Bertz CT molecular complexity index is 596. The number of sulfonamides is 1. The summed E-state index contributed by atoms with van der Waals surface area (Å²) in [6, 6.07) is 6.86. The van der Waals surface area contributed by atoms with Crippen molar-refractivity contribution < 1.29 is 17.9 Å². The first-order valence-electron chi connectivity index (χ1n) is 6.90. The molecule has 1 aromatic rings. The van der Waals surface area contributed by atoms with Gasteiger partial charge in [-0.25, -0.2) is 13.6 Å². The van der Waals surface area contributed by atoms with E-state index in [1.165, 1.54) is 0 Å². The molecule has 1 atom stereocenters. The van der Waals surface area contributed by atoms with Crippen LogP contribution in [0.5, 0.6) is 0 Å². The topological polar surface area (TPSA) is 98.5 Å². The summed E-state index contributed by atoms with van der Waals surface area (Å²) in [4.78, 5) is 11.8. The maximum absolute atomic E-state index is 11.8. The fourth-order valence-corrected chi connectivity index (χ4v) is 2.38. The van der Waals surface area contributed by atoms with Gasteiger partial charge in [-0.1, -0.05) is 30.3 Å². The van der Waals surface area contributed by atoms with Crippen molar-refractivity contribution in [3.8, 4) is 0 Å². The van der Waals surface area contributed by atoms with Gasteiger partial charge in [-0.05, 0) is 24.5 Å². The average Bonchev–Trinajstić information content (AvgIpc) is 2.44. The summed E-state index contributed by atoms with van der Waals surface area (Å²) in [5, 5.41) is 7.74. The van der Waals surface area contributed by atoms with E-state index in [0.717, 1.165) is 5.56 Å². The molecule has 1 rings (SSSR count). The first kappa shape index (κ1) is 18.3. The summed E-state index contributed by atoms with van der Waals surface area (Å²) in [5.74, 6) is -0.397. The highest BCUT2D eigenvalue weighted by Crippen LogP contribution is 2.07. The highest BCUT2D eigenvalue weighted by molar-refractivity contribution is 7.88. The number of primary sulfonamides is 1. The minimum Gasteiger partial charge on any atom is -0.368 e. The van der Waals surface area contributed by atoms with E-state index in [-0.39, 0.29) is 11.7 Å². The number of carbonyl (C=O) groups is 1. The van der Waals surface area contributed by atoms with Crippen molar-refractivity contribution in [3.05, 3.63) is 48.0 Å². The zero-order chi connectivity index (χ0) is 16.6. The molecular weight excluding hydrogens is 304 g/mol. The molecule has 0 saturated carbocycles. The third-order valence-electron chi connectivity index (χ3n) is 2.92. The predicted molar refractivity (Wildman–Crippen MR) is 85.3 cm³/mol. The van der Waals surface area contributed by atoms with E-state index < -0.39 is 16.1 Å². The summed E-state index contributed by atoms with van der Waals surface area (Å²) in [6.45, 7) is 6.08. The number of nitrogens with two attached hydrogens (primary N) is 1. The molecule has 22 heavy (non-hydrogen) atoms. The quantitative estimate of drug-likeness (QED) is 0.524. The summed E-state index contributed by atoms with van der Waals surface area (Å²) in [7, 11) is -3.53. The SMILES string of the molecule is C=CCCOC(C)C(=O)NCc1ccc(CS(N)(=O)=O)cc1. The second-order valence-electron chi connectivity index (χ2n) is 4.93. The largest absolute Gasteiger partial charge is 0.368 e. The van der Waals surface area contributed by atoms with Crippen LogP contribution in [0.4, 0.5) is 0 Å². The van der Waals surface area contributed by atoms with Crippen LogP contribution in [0.2, 0.25) is 0 Å². The van der Waals surface area contributed by atoms with Crippen LogP contribution in [0.1, 0.15) is 24.5 Å². The summed E-state index contributed by atoms with van der Waals surface area (Å²) >= 11 is 0. The molecule has 0 spiro atoms. The summed E-state index contributed by atoms with van der Waals surface area (Å²) in [6.07, 6.45) is 1.90. The van der Waals surface area contributed by atoms with E-state index in [0.29, 0.717) is 25.1 Å². The van der Waals surface area contributed by atoms with E-state index in [1.54, 1.807) is 37.3 Å². The van der Waals surface area contributed by atoms with Gasteiger partial charge in [-0.15, -0.1) is 6.58 Å². The fourth-order valence-electron chi connectivity index (χ4n) is 1.72. The normalized spacial score (nSPS) is 12.6. The number of ether oxygens (including phenoxy) is 1. The lowest BCUT2D eigenvalue weighted by atomic mass is 10.1. The van der Waals surface area contributed by atoms with E-state index in [9.17, 15) is 13.2 Å². The number of hydrogen-bond donors (Lipinski definition) is 2. The number of amides is 1. The highest BCUT2D eigenvalue weighted by Gasteiger charge is 2.12. The average molecular weight is 326 g/mol. The third kappa shape index (κ3) is 7.35. The van der Waals surface area contributed by atoms with Crippen molar-refractivity contribution in [2.75, 3.05) is 6.61 Å². The number of nitrogens with one attached hydrogen (secondary N) is 1. The molecule has 0 radical (unpaired) electrons. The third-order valence-corrected chi connectivity index (χ3v) is 3.65. The van der Waals surface area contributed by atoms with Gasteiger partial charge >= 0.3 is 0 Å². The predicted octanol–water partition coefficient (Wildman–Crippen LogP) is 1.07. The van der Waals surface area contributed by atoms with Crippen molar-refractivity contribution in [2.45, 2.75) is 31.7 Å². The van der Waals surface area contributed by atoms with Gasteiger partial charge in [0.25, 0.3) is 0 Å². The monoisotopic (exact) mass is 326 g/mol. The van der Waals surface area contributed by atoms with Crippen LogP contribution in [0.3, 0.4) is 0 Å². The Hall–Kier alpha value is -1.70. The number of benzene rings is 1. The maximum Gasteiger partial charge on any atom is 0.249 e. The van der Waals surface area contributed by atoms with Crippen LogP contribution in [0, 0.1) is 0 Å². The minimum absolute atomic E-state index is 0.197. The van der Waals surface area contributed by atoms with Crippen LogP contribution in [0.25, 0.3) is 0 Å². The van der Waals surface area contributed by atoms with E-state index >= 15 is 0 Å². The molecule has 0 fully saturated rings. The second kappa shape index (κ2) is 8.67. The molecule has 1 aromatic carbocycles. The summed E-state index contributed by atoms with van der Waals surface area (Å²) < 4.78 is 27.3. The van der Waals surface area contributed by atoms with Gasteiger partial charge in [0, 0.05) is 6.54 Å². The number of rotatable bonds is 9. The molecule has 7 heteroatoms. The lowest BCUT2D eigenvalue weighted by Gasteiger charge is -2.13. The Morgan fingerprint density at radius 1 is 1.36 bits per heavy atom. The summed E-state index contributed by atoms with van der Waals surface area (Å²) in [5.41, 5.74) is 1.48. The standard InChI is InChI=1S/C15H22N2O4S/c1-3-4-9-21-12(2)15(18)17-10-13-5-7-14(8-6-13)11-22(16,19)20/h3,5-8,12H,1,4,9-11H2,2H3,(H,17,18)(H2,16,19,20). The molecule has 6 nitrogen and oxygen atoms in total. The van der Waals surface area contributed by atoms with Crippen molar-refractivity contribution in [1.29, 1.82) is 0 Å². The molecular formula is C15H22N2O4S. The Kier molecular flexibility index (Phi) is 7.23. The number of carbonyl (C=O) groups excluding carboxylic acids is 1. The van der Waals surface area contributed by atoms with E-state index in [2.05, 4.69) is 11.9 Å². The highest BCUT2D eigenvalue weighted by atomic mass is 32.2. The molecule has 0 bridgehead atoms.